The largest absolute Gasteiger partial charge is 0.298 e. The number of nitrogens with zero attached hydrogens (tertiary/aromatic N) is 1. The van der Waals surface area contributed by atoms with Gasteiger partial charge in [-0.3, -0.25) is 4.79 Å². The minimum absolute atomic E-state index is 0.0265. The first kappa shape index (κ1) is 14.2. The highest BCUT2D eigenvalue weighted by Crippen LogP contribution is 2.29. The number of benzene rings is 1. The summed E-state index contributed by atoms with van der Waals surface area (Å²) in [7, 11) is -3.61. The molecule has 1 fully saturated rings. The third kappa shape index (κ3) is 2.84. The maximum absolute atomic E-state index is 12.4. The van der Waals surface area contributed by atoms with E-state index in [-0.39, 0.29) is 17.2 Å². The van der Waals surface area contributed by atoms with E-state index in [9.17, 15) is 13.2 Å². The fourth-order valence-electron chi connectivity index (χ4n) is 1.83. The minimum atomic E-state index is -3.61. The molecule has 7 heteroatoms. The lowest BCUT2D eigenvalue weighted by Crippen LogP contribution is -2.40. The number of hydrogen-bond acceptors (Lipinski definition) is 3. The molecule has 0 bridgehead atoms. The lowest BCUT2D eigenvalue weighted by Gasteiger charge is -2.25. The highest BCUT2D eigenvalue weighted by molar-refractivity contribution is 9.11. The first-order valence-corrected chi connectivity index (χ1v) is 8.41. The van der Waals surface area contributed by atoms with Crippen LogP contribution in [-0.4, -0.2) is 31.6 Å². The topological polar surface area (TPSA) is 54.5 Å². The van der Waals surface area contributed by atoms with Crippen molar-refractivity contribution in [3.05, 3.63) is 27.1 Å². The summed E-state index contributed by atoms with van der Waals surface area (Å²) in [6.45, 7) is 0.369. The number of carbonyl (C=O) groups is 1. The molecule has 1 aliphatic rings. The van der Waals surface area contributed by atoms with Gasteiger partial charge >= 0.3 is 0 Å². The Kier molecular flexibility index (Phi) is 4.25. The summed E-state index contributed by atoms with van der Waals surface area (Å²) >= 11 is 6.49. The van der Waals surface area contributed by atoms with Gasteiger partial charge in [-0.15, -0.1) is 0 Å². The molecule has 2 rings (SSSR count). The van der Waals surface area contributed by atoms with Gasteiger partial charge in [0, 0.05) is 21.9 Å². The molecule has 0 saturated carbocycles. The normalized spacial score (nSPS) is 18.0. The van der Waals surface area contributed by atoms with Gasteiger partial charge in [-0.05, 0) is 40.5 Å². The zero-order valence-corrected chi connectivity index (χ0v) is 13.4. The smallest absolute Gasteiger partial charge is 0.244 e. The Morgan fingerprint density at radius 2 is 1.94 bits per heavy atom. The van der Waals surface area contributed by atoms with Crippen LogP contribution in [0.2, 0.25) is 0 Å². The molecule has 0 amide bonds. The summed E-state index contributed by atoms with van der Waals surface area (Å²) in [5, 5.41) is 0. The van der Waals surface area contributed by atoms with Crippen LogP contribution in [0.25, 0.3) is 0 Å². The van der Waals surface area contributed by atoms with Crippen LogP contribution in [-0.2, 0) is 14.8 Å². The van der Waals surface area contributed by atoms with Crippen molar-refractivity contribution in [3.8, 4) is 0 Å². The zero-order valence-electron chi connectivity index (χ0n) is 9.40. The molecule has 1 aromatic carbocycles. The number of carbonyl (C=O) groups excluding carboxylic acids is 1. The molecule has 4 nitrogen and oxygen atoms in total. The van der Waals surface area contributed by atoms with Crippen LogP contribution in [0.15, 0.2) is 32.0 Å². The fourth-order valence-corrected chi connectivity index (χ4v) is 4.75. The van der Waals surface area contributed by atoms with Gasteiger partial charge in [0.05, 0.1) is 11.4 Å². The van der Waals surface area contributed by atoms with Gasteiger partial charge in [0.25, 0.3) is 0 Å². The van der Waals surface area contributed by atoms with Gasteiger partial charge in [0.1, 0.15) is 5.78 Å². The third-order valence-corrected chi connectivity index (χ3v) is 6.06. The van der Waals surface area contributed by atoms with E-state index < -0.39 is 10.0 Å². The number of ketones is 1. The van der Waals surface area contributed by atoms with Crippen molar-refractivity contribution < 1.29 is 13.2 Å². The molecule has 0 atom stereocenters. The number of sulfonamides is 1. The summed E-state index contributed by atoms with van der Waals surface area (Å²) in [5.74, 6) is -0.0315. The summed E-state index contributed by atoms with van der Waals surface area (Å²) in [6, 6.07) is 4.96. The molecular weight excluding hydrogens is 386 g/mol. The van der Waals surface area contributed by atoms with Gasteiger partial charge in [0.2, 0.25) is 10.0 Å². The average Bonchev–Trinajstić information content (AvgIpc) is 2.32. The molecule has 1 heterocycles. The molecule has 1 saturated heterocycles. The molecule has 0 aromatic heterocycles. The predicted molar refractivity (Wildman–Crippen MR) is 74.8 cm³/mol. The highest BCUT2D eigenvalue weighted by atomic mass is 79.9. The second-order valence-electron chi connectivity index (χ2n) is 4.06. The van der Waals surface area contributed by atoms with E-state index >= 15 is 0 Å². The lowest BCUT2D eigenvalue weighted by molar-refractivity contribution is -0.120. The van der Waals surface area contributed by atoms with Crippen molar-refractivity contribution in [2.75, 3.05) is 13.1 Å². The number of rotatable bonds is 2. The molecule has 0 radical (unpaired) electrons. The number of piperidine rings is 1. The van der Waals surface area contributed by atoms with E-state index in [0.29, 0.717) is 28.3 Å². The highest BCUT2D eigenvalue weighted by Gasteiger charge is 2.30. The fraction of sp³-hybridized carbons (Fsp3) is 0.364. The average molecular weight is 397 g/mol. The van der Waals surface area contributed by atoms with Crippen molar-refractivity contribution >= 4 is 47.7 Å². The van der Waals surface area contributed by atoms with E-state index in [1.54, 1.807) is 18.2 Å². The van der Waals surface area contributed by atoms with E-state index in [4.69, 9.17) is 0 Å². The second kappa shape index (κ2) is 5.40. The molecule has 1 aliphatic heterocycles. The van der Waals surface area contributed by atoms with Crippen molar-refractivity contribution in [3.63, 3.8) is 0 Å². The molecule has 0 N–H and O–H groups in total. The molecule has 0 unspecified atom stereocenters. The monoisotopic (exact) mass is 395 g/mol. The Bertz CT molecular complexity index is 586. The maximum Gasteiger partial charge on any atom is 0.244 e. The summed E-state index contributed by atoms with van der Waals surface area (Å²) in [5.41, 5.74) is 0. The van der Waals surface area contributed by atoms with Crippen molar-refractivity contribution in [1.29, 1.82) is 0 Å². The molecule has 98 valence electrons. The Balaban J connectivity index is 2.41. The molecule has 0 aliphatic carbocycles. The minimum Gasteiger partial charge on any atom is -0.298 e. The van der Waals surface area contributed by atoms with Gasteiger partial charge in [-0.25, -0.2) is 8.42 Å². The Morgan fingerprint density at radius 3 is 2.61 bits per heavy atom. The number of hydrogen-bond donors (Lipinski definition) is 0. The van der Waals surface area contributed by atoms with Crippen LogP contribution in [0, 0.1) is 0 Å². The standard InChI is InChI=1S/C11H11Br2NO3S/c12-8-3-4-10(13)11(6-8)18(16,17)14-5-1-2-9(15)7-14/h3-4,6H,1-2,5,7H2. The molecule has 1 aromatic rings. The molecule has 0 spiro atoms. The number of halogens is 2. The van der Waals surface area contributed by atoms with E-state index in [0.717, 1.165) is 0 Å². The van der Waals surface area contributed by atoms with Crippen LogP contribution in [0.3, 0.4) is 0 Å². The van der Waals surface area contributed by atoms with Gasteiger partial charge in [-0.2, -0.15) is 4.31 Å². The molecular formula is C11H11Br2NO3S. The Hall–Kier alpha value is -0.240. The van der Waals surface area contributed by atoms with Crippen LogP contribution < -0.4 is 0 Å². The molecule has 18 heavy (non-hydrogen) atoms. The SMILES string of the molecule is O=C1CCCN(S(=O)(=O)c2cc(Br)ccc2Br)C1. The van der Waals surface area contributed by atoms with Crippen LogP contribution in [0.5, 0.6) is 0 Å². The van der Waals surface area contributed by atoms with Gasteiger partial charge in [0.15, 0.2) is 0 Å². The predicted octanol–water partition coefficient (Wildman–Crippen LogP) is 2.57. The first-order chi connectivity index (χ1) is 8.41. The van der Waals surface area contributed by atoms with Crippen molar-refractivity contribution in [1.82, 2.24) is 4.31 Å². The van der Waals surface area contributed by atoms with E-state index in [1.807, 2.05) is 0 Å². The Labute approximate surface area is 123 Å². The zero-order chi connectivity index (χ0) is 13.3. The number of Topliss-reactive ketones (excluding diaryl/α,β-unsaturated/α-hetero) is 1. The quantitative estimate of drug-likeness (QED) is 0.771. The summed E-state index contributed by atoms with van der Waals surface area (Å²) in [4.78, 5) is 11.6. The second-order valence-corrected chi connectivity index (χ2v) is 7.73. The van der Waals surface area contributed by atoms with Gasteiger partial charge in [-0.1, -0.05) is 15.9 Å². The summed E-state index contributed by atoms with van der Waals surface area (Å²) < 4.78 is 27.3. The first-order valence-electron chi connectivity index (χ1n) is 5.38. The van der Waals surface area contributed by atoms with Crippen LogP contribution in [0.1, 0.15) is 12.8 Å². The Morgan fingerprint density at radius 1 is 1.22 bits per heavy atom. The summed E-state index contributed by atoms with van der Waals surface area (Å²) in [6.07, 6.45) is 1.05. The van der Waals surface area contributed by atoms with E-state index in [1.165, 1.54) is 4.31 Å². The van der Waals surface area contributed by atoms with Crippen LogP contribution >= 0.6 is 31.9 Å². The van der Waals surface area contributed by atoms with Gasteiger partial charge < -0.3 is 0 Å². The van der Waals surface area contributed by atoms with Crippen molar-refractivity contribution in [2.24, 2.45) is 0 Å². The van der Waals surface area contributed by atoms with E-state index in [2.05, 4.69) is 31.9 Å². The third-order valence-electron chi connectivity index (χ3n) is 2.73. The van der Waals surface area contributed by atoms with Crippen LogP contribution in [0.4, 0.5) is 0 Å². The van der Waals surface area contributed by atoms with Crippen molar-refractivity contribution in [2.45, 2.75) is 17.7 Å². The maximum atomic E-state index is 12.4. The lowest BCUT2D eigenvalue weighted by atomic mass is 10.1.